The van der Waals surface area contributed by atoms with E-state index >= 15 is 0 Å². The van der Waals surface area contributed by atoms with Gasteiger partial charge < -0.3 is 9.64 Å². The molecule has 0 radical (unpaired) electrons. The molecule has 0 spiro atoms. The largest absolute Gasteiger partial charge is 0.495 e. The summed E-state index contributed by atoms with van der Waals surface area (Å²) in [5.41, 5.74) is 0.548. The van der Waals surface area contributed by atoms with Crippen molar-refractivity contribution in [1.82, 2.24) is 4.31 Å². The Labute approximate surface area is 143 Å². The number of anilines is 1. The molecule has 0 saturated carbocycles. The van der Waals surface area contributed by atoms with Gasteiger partial charge in [-0.1, -0.05) is 6.92 Å². The molecule has 1 aromatic rings. The van der Waals surface area contributed by atoms with Gasteiger partial charge in [0.1, 0.15) is 5.75 Å². The summed E-state index contributed by atoms with van der Waals surface area (Å²) in [5.74, 6) is 1.09. The SMILES string of the molecule is COc1ccc(S(=O)(=O)N2CCC(C)CC2)cc1N1CCCC1=O. The third-order valence-corrected chi connectivity index (χ3v) is 6.79. The van der Waals surface area contributed by atoms with Crippen molar-refractivity contribution in [2.45, 2.75) is 37.5 Å². The molecule has 0 N–H and O–H groups in total. The fourth-order valence-corrected chi connectivity index (χ4v) is 4.81. The summed E-state index contributed by atoms with van der Waals surface area (Å²) in [5, 5.41) is 0. The lowest BCUT2D eigenvalue weighted by molar-refractivity contribution is -0.117. The molecule has 0 unspecified atom stereocenters. The van der Waals surface area contributed by atoms with Gasteiger partial charge in [-0.05, 0) is 43.4 Å². The summed E-state index contributed by atoms with van der Waals surface area (Å²) in [4.78, 5) is 13.9. The van der Waals surface area contributed by atoms with Gasteiger partial charge in [-0.15, -0.1) is 0 Å². The molecule has 0 atom stereocenters. The number of carbonyl (C=O) groups excluding carboxylic acids is 1. The first kappa shape index (κ1) is 17.2. The summed E-state index contributed by atoms with van der Waals surface area (Å²) >= 11 is 0. The van der Waals surface area contributed by atoms with E-state index in [0.717, 1.165) is 19.3 Å². The van der Waals surface area contributed by atoms with Crippen molar-refractivity contribution in [3.63, 3.8) is 0 Å². The fourth-order valence-electron chi connectivity index (χ4n) is 3.32. The molecule has 24 heavy (non-hydrogen) atoms. The number of rotatable bonds is 4. The van der Waals surface area contributed by atoms with Crippen LogP contribution in [-0.4, -0.2) is 45.4 Å². The smallest absolute Gasteiger partial charge is 0.243 e. The Bertz CT molecular complexity index is 724. The summed E-state index contributed by atoms with van der Waals surface area (Å²) in [6.07, 6.45) is 3.03. The maximum Gasteiger partial charge on any atom is 0.243 e. The molecule has 1 aromatic carbocycles. The minimum Gasteiger partial charge on any atom is -0.495 e. The van der Waals surface area contributed by atoms with E-state index in [9.17, 15) is 13.2 Å². The Morgan fingerprint density at radius 3 is 2.46 bits per heavy atom. The van der Waals surface area contributed by atoms with Crippen LogP contribution < -0.4 is 9.64 Å². The van der Waals surface area contributed by atoms with Crippen LogP contribution in [-0.2, 0) is 14.8 Å². The highest BCUT2D eigenvalue weighted by atomic mass is 32.2. The normalized spacial score (nSPS) is 20.6. The molecule has 1 amide bonds. The number of methoxy groups -OCH3 is 1. The van der Waals surface area contributed by atoms with Gasteiger partial charge in [-0.25, -0.2) is 8.42 Å². The minimum atomic E-state index is -3.54. The first-order chi connectivity index (χ1) is 11.4. The van der Waals surface area contributed by atoms with Crippen molar-refractivity contribution < 1.29 is 17.9 Å². The average molecular weight is 352 g/mol. The van der Waals surface area contributed by atoms with Crippen molar-refractivity contribution in [3.05, 3.63) is 18.2 Å². The van der Waals surface area contributed by atoms with Crippen LogP contribution in [0.2, 0.25) is 0 Å². The van der Waals surface area contributed by atoms with E-state index in [1.165, 1.54) is 7.11 Å². The quantitative estimate of drug-likeness (QED) is 0.833. The second-order valence-electron chi connectivity index (χ2n) is 6.57. The van der Waals surface area contributed by atoms with Gasteiger partial charge in [0.25, 0.3) is 0 Å². The number of nitrogens with zero attached hydrogens (tertiary/aromatic N) is 2. The van der Waals surface area contributed by atoms with Crippen molar-refractivity contribution in [2.24, 2.45) is 5.92 Å². The van der Waals surface area contributed by atoms with Gasteiger partial charge in [0.2, 0.25) is 15.9 Å². The number of hydrogen-bond acceptors (Lipinski definition) is 4. The summed E-state index contributed by atoms with van der Waals surface area (Å²) in [7, 11) is -2.01. The fraction of sp³-hybridized carbons (Fsp3) is 0.588. The molecule has 6 nitrogen and oxygen atoms in total. The van der Waals surface area contributed by atoms with Crippen LogP contribution in [0.15, 0.2) is 23.1 Å². The summed E-state index contributed by atoms with van der Waals surface area (Å²) < 4.78 is 32.7. The molecule has 2 aliphatic rings. The number of carbonyl (C=O) groups is 1. The van der Waals surface area contributed by atoms with Crippen LogP contribution in [0.3, 0.4) is 0 Å². The third kappa shape index (κ3) is 3.15. The molecule has 2 aliphatic heterocycles. The van der Waals surface area contributed by atoms with Crippen LogP contribution >= 0.6 is 0 Å². The number of amides is 1. The topological polar surface area (TPSA) is 66.9 Å². The third-order valence-electron chi connectivity index (χ3n) is 4.89. The number of sulfonamides is 1. The highest BCUT2D eigenvalue weighted by Crippen LogP contribution is 2.35. The Morgan fingerprint density at radius 1 is 1.17 bits per heavy atom. The van der Waals surface area contributed by atoms with Gasteiger partial charge in [-0.3, -0.25) is 4.79 Å². The van der Waals surface area contributed by atoms with Crippen LogP contribution in [0.1, 0.15) is 32.6 Å². The predicted molar refractivity (Wildman–Crippen MR) is 91.7 cm³/mol. The Morgan fingerprint density at radius 2 is 1.88 bits per heavy atom. The molecule has 7 heteroatoms. The zero-order valence-corrected chi connectivity index (χ0v) is 15.0. The number of hydrogen-bond donors (Lipinski definition) is 0. The lowest BCUT2D eigenvalue weighted by Gasteiger charge is -2.30. The van der Waals surface area contributed by atoms with Crippen molar-refractivity contribution in [2.75, 3.05) is 31.6 Å². The van der Waals surface area contributed by atoms with E-state index in [1.54, 1.807) is 27.4 Å². The maximum atomic E-state index is 12.9. The van der Waals surface area contributed by atoms with Gasteiger partial charge in [0.15, 0.2) is 0 Å². The van der Waals surface area contributed by atoms with Gasteiger partial charge in [0.05, 0.1) is 17.7 Å². The number of piperidine rings is 1. The van der Waals surface area contributed by atoms with Crippen LogP contribution in [0.5, 0.6) is 5.75 Å². The number of ether oxygens (including phenoxy) is 1. The first-order valence-corrected chi connectivity index (χ1v) is 9.86. The Hall–Kier alpha value is -1.60. The second-order valence-corrected chi connectivity index (χ2v) is 8.51. The molecular weight excluding hydrogens is 328 g/mol. The van der Waals surface area contributed by atoms with Crippen molar-refractivity contribution in [3.8, 4) is 5.75 Å². The van der Waals surface area contributed by atoms with Crippen molar-refractivity contribution >= 4 is 21.6 Å². The first-order valence-electron chi connectivity index (χ1n) is 8.42. The molecule has 2 fully saturated rings. The second kappa shape index (κ2) is 6.72. The average Bonchev–Trinajstić information content (AvgIpc) is 3.00. The standard InChI is InChI=1S/C17H24N2O4S/c1-13-7-10-18(11-8-13)24(21,22)14-5-6-16(23-2)15(12-14)19-9-3-4-17(19)20/h5-6,12-13H,3-4,7-11H2,1-2H3. The van der Waals surface area contributed by atoms with E-state index in [1.807, 2.05) is 0 Å². The lowest BCUT2D eigenvalue weighted by atomic mass is 10.0. The number of benzene rings is 1. The predicted octanol–water partition coefficient (Wildman–Crippen LogP) is 2.24. The van der Waals surface area contributed by atoms with Crippen LogP contribution in [0, 0.1) is 5.92 Å². The Balaban J connectivity index is 1.95. The van der Waals surface area contributed by atoms with Gasteiger partial charge in [-0.2, -0.15) is 4.31 Å². The Kier molecular flexibility index (Phi) is 4.83. The monoisotopic (exact) mass is 352 g/mol. The zero-order chi connectivity index (χ0) is 17.3. The summed E-state index contributed by atoms with van der Waals surface area (Å²) in [6, 6.07) is 4.78. The zero-order valence-electron chi connectivity index (χ0n) is 14.2. The van der Waals surface area contributed by atoms with Crippen LogP contribution in [0.25, 0.3) is 0 Å². The minimum absolute atomic E-state index is 0.00893. The van der Waals surface area contributed by atoms with Gasteiger partial charge in [0, 0.05) is 26.1 Å². The van der Waals surface area contributed by atoms with Crippen LogP contribution in [0.4, 0.5) is 5.69 Å². The molecule has 2 saturated heterocycles. The highest BCUT2D eigenvalue weighted by Gasteiger charge is 2.31. The molecule has 3 rings (SSSR count). The van der Waals surface area contributed by atoms with E-state index in [0.29, 0.717) is 43.4 Å². The lowest BCUT2D eigenvalue weighted by Crippen LogP contribution is -2.38. The molecular formula is C17H24N2O4S. The van der Waals surface area contributed by atoms with E-state index in [2.05, 4.69) is 6.92 Å². The van der Waals surface area contributed by atoms with Gasteiger partial charge >= 0.3 is 0 Å². The maximum absolute atomic E-state index is 12.9. The van der Waals surface area contributed by atoms with E-state index < -0.39 is 10.0 Å². The summed E-state index contributed by atoms with van der Waals surface area (Å²) in [6.45, 7) is 3.84. The van der Waals surface area contributed by atoms with E-state index in [4.69, 9.17) is 4.74 Å². The van der Waals surface area contributed by atoms with Crippen molar-refractivity contribution in [1.29, 1.82) is 0 Å². The van der Waals surface area contributed by atoms with E-state index in [-0.39, 0.29) is 10.8 Å². The molecule has 0 bridgehead atoms. The molecule has 0 aliphatic carbocycles. The molecule has 0 aromatic heterocycles. The molecule has 2 heterocycles. The molecule has 132 valence electrons. The highest BCUT2D eigenvalue weighted by molar-refractivity contribution is 7.89.